The van der Waals surface area contributed by atoms with E-state index in [-0.39, 0.29) is 29.1 Å². The van der Waals surface area contributed by atoms with Gasteiger partial charge in [0.1, 0.15) is 5.82 Å². The Labute approximate surface area is 110 Å². The molecule has 0 spiro atoms. The number of benzene rings is 1. The number of hydrogen-bond acceptors (Lipinski definition) is 3. The van der Waals surface area contributed by atoms with Gasteiger partial charge in [0.25, 0.3) is 0 Å². The van der Waals surface area contributed by atoms with E-state index in [2.05, 4.69) is 10.6 Å². The zero-order valence-corrected chi connectivity index (χ0v) is 10.6. The van der Waals surface area contributed by atoms with E-state index in [9.17, 15) is 14.0 Å². The van der Waals surface area contributed by atoms with E-state index in [0.29, 0.717) is 6.42 Å². The lowest BCUT2D eigenvalue weighted by molar-refractivity contribution is -0.120. The van der Waals surface area contributed by atoms with Crippen molar-refractivity contribution in [1.29, 1.82) is 0 Å². The molecule has 0 bridgehead atoms. The lowest BCUT2D eigenvalue weighted by atomic mass is 10.0. The maximum Gasteiger partial charge on any atom is 0.248 e. The Morgan fingerprint density at radius 2 is 2.21 bits per heavy atom. The monoisotopic (exact) mass is 265 g/mol. The van der Waals surface area contributed by atoms with Gasteiger partial charge in [-0.05, 0) is 38.1 Å². The van der Waals surface area contributed by atoms with Crippen molar-refractivity contribution in [2.24, 2.45) is 11.7 Å². The van der Waals surface area contributed by atoms with Crippen molar-refractivity contribution < 1.29 is 14.0 Å². The molecule has 2 unspecified atom stereocenters. The predicted octanol–water partition coefficient (Wildman–Crippen LogP) is 0.861. The van der Waals surface area contributed by atoms with Crippen molar-refractivity contribution >= 4 is 17.5 Å². The van der Waals surface area contributed by atoms with E-state index < -0.39 is 11.7 Å². The van der Waals surface area contributed by atoms with Gasteiger partial charge in [0, 0.05) is 11.6 Å². The summed E-state index contributed by atoms with van der Waals surface area (Å²) in [6.45, 7) is 2.68. The minimum atomic E-state index is -0.661. The van der Waals surface area contributed by atoms with Crippen LogP contribution in [0.2, 0.25) is 0 Å². The second kappa shape index (κ2) is 5.36. The van der Waals surface area contributed by atoms with Gasteiger partial charge in [-0.15, -0.1) is 0 Å². The molecule has 4 N–H and O–H groups in total. The Kier molecular flexibility index (Phi) is 3.80. The lowest BCUT2D eigenvalue weighted by Gasteiger charge is -2.15. The number of carbonyl (C=O) groups is 2. The Morgan fingerprint density at radius 3 is 2.79 bits per heavy atom. The second-order valence-electron chi connectivity index (χ2n) is 4.69. The topological polar surface area (TPSA) is 84.2 Å². The fourth-order valence-corrected chi connectivity index (χ4v) is 2.22. The first-order chi connectivity index (χ1) is 8.99. The van der Waals surface area contributed by atoms with Crippen LogP contribution in [-0.2, 0) is 4.79 Å². The van der Waals surface area contributed by atoms with Gasteiger partial charge < -0.3 is 16.4 Å². The van der Waals surface area contributed by atoms with Gasteiger partial charge in [0.05, 0.1) is 11.6 Å². The molecule has 1 heterocycles. The summed E-state index contributed by atoms with van der Waals surface area (Å²) in [5.74, 6) is -1.70. The molecule has 2 atom stereocenters. The number of nitrogens with one attached hydrogen (secondary N) is 2. The summed E-state index contributed by atoms with van der Waals surface area (Å²) in [5.41, 5.74) is 5.27. The van der Waals surface area contributed by atoms with Gasteiger partial charge in [-0.1, -0.05) is 0 Å². The van der Waals surface area contributed by atoms with E-state index in [1.165, 1.54) is 12.1 Å². The van der Waals surface area contributed by atoms with Crippen LogP contribution in [0.5, 0.6) is 0 Å². The van der Waals surface area contributed by atoms with Crippen molar-refractivity contribution in [3.05, 3.63) is 29.6 Å². The van der Waals surface area contributed by atoms with Gasteiger partial charge in [-0.2, -0.15) is 0 Å². The van der Waals surface area contributed by atoms with Crippen molar-refractivity contribution in [3.8, 4) is 0 Å². The van der Waals surface area contributed by atoms with Crippen LogP contribution in [0.3, 0.4) is 0 Å². The van der Waals surface area contributed by atoms with Gasteiger partial charge >= 0.3 is 0 Å². The quantitative estimate of drug-likeness (QED) is 0.758. The van der Waals surface area contributed by atoms with E-state index in [0.717, 1.165) is 12.6 Å². The van der Waals surface area contributed by atoms with Crippen LogP contribution < -0.4 is 16.4 Å². The van der Waals surface area contributed by atoms with Crippen LogP contribution >= 0.6 is 0 Å². The standard InChI is InChI=1S/C13H16FN3O2/c1-7-9(4-5-16-7)13(19)17-11-6-8(12(15)18)2-3-10(11)14/h2-3,6-7,9,16H,4-5H2,1H3,(H2,15,18)(H,17,19). The number of carbonyl (C=O) groups excluding carboxylic acids is 2. The largest absolute Gasteiger partial charge is 0.366 e. The number of rotatable bonds is 3. The van der Waals surface area contributed by atoms with Crippen LogP contribution in [0.25, 0.3) is 0 Å². The predicted molar refractivity (Wildman–Crippen MR) is 69.1 cm³/mol. The third-order valence-corrected chi connectivity index (χ3v) is 3.37. The average Bonchev–Trinajstić information content (AvgIpc) is 2.78. The molecule has 102 valence electrons. The summed E-state index contributed by atoms with van der Waals surface area (Å²) in [6, 6.07) is 3.71. The SMILES string of the molecule is CC1NCCC1C(=O)Nc1cc(C(N)=O)ccc1F. The summed E-state index contributed by atoms with van der Waals surface area (Å²) in [5, 5.41) is 5.67. The third-order valence-electron chi connectivity index (χ3n) is 3.37. The molecule has 5 nitrogen and oxygen atoms in total. The van der Waals surface area contributed by atoms with Gasteiger partial charge in [0.2, 0.25) is 11.8 Å². The number of nitrogens with two attached hydrogens (primary N) is 1. The molecule has 1 aliphatic heterocycles. The van der Waals surface area contributed by atoms with Crippen molar-refractivity contribution in [3.63, 3.8) is 0 Å². The molecule has 1 aromatic carbocycles. The highest BCUT2D eigenvalue weighted by atomic mass is 19.1. The first-order valence-corrected chi connectivity index (χ1v) is 6.12. The summed E-state index contributed by atoms with van der Waals surface area (Å²) < 4.78 is 13.6. The minimum Gasteiger partial charge on any atom is -0.366 e. The molecule has 1 aliphatic rings. The highest BCUT2D eigenvalue weighted by Crippen LogP contribution is 2.20. The van der Waals surface area contributed by atoms with E-state index in [1.54, 1.807) is 0 Å². The van der Waals surface area contributed by atoms with Crippen LogP contribution in [0, 0.1) is 11.7 Å². The van der Waals surface area contributed by atoms with Gasteiger partial charge in [0.15, 0.2) is 0 Å². The maximum absolute atomic E-state index is 13.6. The Morgan fingerprint density at radius 1 is 1.47 bits per heavy atom. The van der Waals surface area contributed by atoms with Crippen molar-refractivity contribution in [2.45, 2.75) is 19.4 Å². The normalized spacial score (nSPS) is 22.2. The lowest BCUT2D eigenvalue weighted by Crippen LogP contribution is -2.32. The van der Waals surface area contributed by atoms with Crippen molar-refractivity contribution in [2.75, 3.05) is 11.9 Å². The maximum atomic E-state index is 13.6. The molecular weight excluding hydrogens is 249 g/mol. The number of hydrogen-bond donors (Lipinski definition) is 3. The molecular formula is C13H16FN3O2. The first kappa shape index (κ1) is 13.5. The molecule has 1 saturated heterocycles. The molecule has 0 radical (unpaired) electrons. The molecule has 6 heteroatoms. The van der Waals surface area contributed by atoms with Crippen molar-refractivity contribution in [1.82, 2.24) is 5.32 Å². The summed E-state index contributed by atoms with van der Waals surface area (Å²) in [4.78, 5) is 23.1. The number of halogens is 1. The summed E-state index contributed by atoms with van der Waals surface area (Å²) in [7, 11) is 0. The van der Waals surface area contributed by atoms with E-state index >= 15 is 0 Å². The van der Waals surface area contributed by atoms with E-state index in [1.807, 2.05) is 6.92 Å². The van der Waals surface area contributed by atoms with Gasteiger partial charge in [-0.25, -0.2) is 4.39 Å². The molecule has 0 aromatic heterocycles. The minimum absolute atomic E-state index is 0.0135. The summed E-state index contributed by atoms with van der Waals surface area (Å²) in [6.07, 6.45) is 0.712. The zero-order valence-electron chi connectivity index (χ0n) is 10.6. The van der Waals surface area contributed by atoms with Crippen LogP contribution in [0.15, 0.2) is 18.2 Å². The molecule has 1 aromatic rings. The third kappa shape index (κ3) is 2.90. The first-order valence-electron chi connectivity index (χ1n) is 6.12. The highest BCUT2D eigenvalue weighted by Gasteiger charge is 2.29. The molecule has 2 amide bonds. The fraction of sp³-hybridized carbons (Fsp3) is 0.385. The number of primary amides is 1. The molecule has 0 aliphatic carbocycles. The van der Waals surface area contributed by atoms with Crippen LogP contribution in [-0.4, -0.2) is 24.4 Å². The van der Waals surface area contributed by atoms with Crippen LogP contribution in [0.1, 0.15) is 23.7 Å². The fourth-order valence-electron chi connectivity index (χ4n) is 2.22. The Bertz CT molecular complexity index is 519. The molecule has 1 fully saturated rings. The molecule has 2 rings (SSSR count). The van der Waals surface area contributed by atoms with Crippen LogP contribution in [0.4, 0.5) is 10.1 Å². The smallest absolute Gasteiger partial charge is 0.248 e. The Hall–Kier alpha value is -1.95. The Balaban J connectivity index is 2.16. The second-order valence-corrected chi connectivity index (χ2v) is 4.69. The zero-order chi connectivity index (χ0) is 14.0. The highest BCUT2D eigenvalue weighted by molar-refractivity contribution is 5.97. The number of anilines is 1. The number of amides is 2. The summed E-state index contributed by atoms with van der Waals surface area (Å²) >= 11 is 0. The van der Waals surface area contributed by atoms with E-state index in [4.69, 9.17) is 5.73 Å². The van der Waals surface area contributed by atoms with Gasteiger partial charge in [-0.3, -0.25) is 9.59 Å². The molecule has 19 heavy (non-hydrogen) atoms. The average molecular weight is 265 g/mol. The molecule has 0 saturated carbocycles.